The van der Waals surface area contributed by atoms with Crippen LogP contribution in [0.1, 0.15) is 20.7 Å². The van der Waals surface area contributed by atoms with Gasteiger partial charge in [0.15, 0.2) is 0 Å². The molecule has 4 aromatic carbocycles. The van der Waals surface area contributed by atoms with Crippen molar-refractivity contribution in [3.63, 3.8) is 0 Å². The fraction of sp³-hybridized carbons (Fsp3) is 0.147. The zero-order chi connectivity index (χ0) is 29.8. The van der Waals surface area contributed by atoms with E-state index in [4.69, 9.17) is 9.15 Å². The van der Waals surface area contributed by atoms with E-state index in [-0.39, 0.29) is 17.4 Å². The number of fused-ring (bicyclic) bond motifs is 1. The molecule has 2 amide bonds. The third kappa shape index (κ3) is 6.32. The van der Waals surface area contributed by atoms with E-state index >= 15 is 0 Å². The first-order valence-corrected chi connectivity index (χ1v) is 14.7. The van der Waals surface area contributed by atoms with Crippen LogP contribution in [0.5, 0.6) is 5.75 Å². The minimum atomic E-state index is -0.336. The number of methoxy groups -OCH3 is 1. The fourth-order valence-corrected chi connectivity index (χ4v) is 5.44. The lowest BCUT2D eigenvalue weighted by Crippen LogP contribution is -2.49. The predicted molar refractivity (Wildman–Crippen MR) is 171 cm³/mol. The molecular weight excluding hydrogens is 608 g/mol. The van der Waals surface area contributed by atoms with Crippen molar-refractivity contribution in [2.45, 2.75) is 0 Å². The Hall–Kier alpha value is -4.89. The molecule has 1 aliphatic heterocycles. The Kier molecular flexibility index (Phi) is 8.24. The number of rotatable bonds is 6. The number of benzene rings is 4. The molecule has 0 bridgehead atoms. The summed E-state index contributed by atoms with van der Waals surface area (Å²) in [6.07, 6.45) is 0. The topological polar surface area (TPSA) is 87.4 Å². The summed E-state index contributed by atoms with van der Waals surface area (Å²) in [5.74, 6) is 0.364. The third-order valence-corrected chi connectivity index (χ3v) is 7.83. The van der Waals surface area contributed by atoms with Crippen molar-refractivity contribution in [3.8, 4) is 5.75 Å². The van der Waals surface area contributed by atoms with Gasteiger partial charge in [0.25, 0.3) is 11.8 Å². The van der Waals surface area contributed by atoms with Gasteiger partial charge in [-0.25, -0.2) is 4.99 Å². The number of amides is 2. The highest BCUT2D eigenvalue weighted by Crippen LogP contribution is 2.31. The Labute approximate surface area is 257 Å². The van der Waals surface area contributed by atoms with Gasteiger partial charge in [0.05, 0.1) is 24.2 Å². The van der Waals surface area contributed by atoms with Crippen molar-refractivity contribution < 1.29 is 18.7 Å². The van der Waals surface area contributed by atoms with Crippen LogP contribution in [0, 0.1) is 0 Å². The van der Waals surface area contributed by atoms with E-state index in [0.29, 0.717) is 60.0 Å². The number of carbonyl (C=O) groups excluding carboxylic acids is 2. The summed E-state index contributed by atoms with van der Waals surface area (Å²) in [6, 6.07) is 31.7. The van der Waals surface area contributed by atoms with Crippen molar-refractivity contribution in [1.29, 1.82) is 0 Å². The van der Waals surface area contributed by atoms with E-state index in [0.717, 1.165) is 15.5 Å². The van der Waals surface area contributed by atoms with Crippen LogP contribution in [-0.4, -0.2) is 50.0 Å². The van der Waals surface area contributed by atoms with Crippen LogP contribution in [0.4, 0.5) is 17.1 Å². The van der Waals surface area contributed by atoms with Gasteiger partial charge in [-0.1, -0.05) is 52.3 Å². The molecule has 6 rings (SSSR count). The summed E-state index contributed by atoms with van der Waals surface area (Å²) in [7, 11) is 1.60. The number of anilines is 2. The molecule has 9 heteroatoms. The van der Waals surface area contributed by atoms with E-state index in [1.54, 1.807) is 37.4 Å². The average molecular weight is 638 g/mol. The van der Waals surface area contributed by atoms with Crippen molar-refractivity contribution in [2.75, 3.05) is 43.5 Å². The highest BCUT2D eigenvalue weighted by Gasteiger charge is 2.25. The largest absolute Gasteiger partial charge is 0.497 e. The lowest BCUT2D eigenvalue weighted by Gasteiger charge is -2.37. The second-order valence-electron chi connectivity index (χ2n) is 10.1. The van der Waals surface area contributed by atoms with Gasteiger partial charge in [0, 0.05) is 41.6 Å². The van der Waals surface area contributed by atoms with Crippen LogP contribution in [0.15, 0.2) is 117 Å². The molecule has 216 valence electrons. The van der Waals surface area contributed by atoms with Crippen molar-refractivity contribution in [1.82, 2.24) is 4.90 Å². The lowest BCUT2D eigenvalue weighted by atomic mass is 10.1. The number of piperazine rings is 1. The molecule has 1 fully saturated rings. The number of hydrogen-bond acceptors (Lipinski definition) is 6. The average Bonchev–Trinajstić information content (AvgIpc) is 3.05. The van der Waals surface area contributed by atoms with Gasteiger partial charge in [-0.05, 0) is 66.7 Å². The summed E-state index contributed by atoms with van der Waals surface area (Å²) >= 11 is 3.55. The molecule has 2 heterocycles. The summed E-state index contributed by atoms with van der Waals surface area (Å²) < 4.78 is 12.2. The van der Waals surface area contributed by atoms with E-state index in [9.17, 15) is 9.59 Å². The zero-order valence-corrected chi connectivity index (χ0v) is 25.1. The highest BCUT2D eigenvalue weighted by molar-refractivity contribution is 9.10. The van der Waals surface area contributed by atoms with Gasteiger partial charge in [-0.3, -0.25) is 9.59 Å². The Morgan fingerprint density at radius 1 is 0.860 bits per heavy atom. The third-order valence-electron chi connectivity index (χ3n) is 7.34. The predicted octanol–water partition coefficient (Wildman–Crippen LogP) is 6.65. The summed E-state index contributed by atoms with van der Waals surface area (Å²) in [5, 5.41) is 3.90. The second-order valence-corrected chi connectivity index (χ2v) is 11.0. The molecule has 1 aromatic heterocycles. The van der Waals surface area contributed by atoms with Gasteiger partial charge in [0.2, 0.25) is 5.55 Å². The first kappa shape index (κ1) is 28.2. The van der Waals surface area contributed by atoms with E-state index < -0.39 is 0 Å². The summed E-state index contributed by atoms with van der Waals surface area (Å²) in [5.41, 5.74) is 4.01. The van der Waals surface area contributed by atoms with Crippen LogP contribution in [0.2, 0.25) is 0 Å². The van der Waals surface area contributed by atoms with Crippen LogP contribution in [0.25, 0.3) is 11.0 Å². The Morgan fingerprint density at radius 3 is 2.33 bits per heavy atom. The molecule has 0 unspecified atom stereocenters. The Bertz CT molecular complexity index is 1850. The maximum atomic E-state index is 13.8. The van der Waals surface area contributed by atoms with Gasteiger partial charge in [-0.2, -0.15) is 0 Å². The zero-order valence-electron chi connectivity index (χ0n) is 23.5. The number of hydrogen-bond donors (Lipinski definition) is 1. The van der Waals surface area contributed by atoms with E-state index in [1.807, 2.05) is 77.7 Å². The standard InChI is InChI=1S/C34H29BrN4O4/c1-42-27-14-11-23(12-15-27)34(41)39-19-17-38(18-20-39)30-16-13-25(35)22-29(30)37-32(40)28-21-24-7-5-6-10-31(24)43-33(28)36-26-8-3-2-4-9-26/h2-16,21-22H,17-20H2,1H3,(H,37,40). The quantitative estimate of drug-likeness (QED) is 0.225. The van der Waals surface area contributed by atoms with E-state index in [1.165, 1.54) is 0 Å². The van der Waals surface area contributed by atoms with Crippen molar-refractivity contribution >= 4 is 55.8 Å². The lowest BCUT2D eigenvalue weighted by molar-refractivity contribution is 0.0746. The number of nitrogens with zero attached hydrogens (tertiary/aromatic N) is 3. The number of halogens is 1. The molecule has 0 aliphatic carbocycles. The van der Waals surface area contributed by atoms with Crippen molar-refractivity contribution in [2.24, 2.45) is 4.99 Å². The molecule has 0 saturated carbocycles. The first-order chi connectivity index (χ1) is 21.0. The van der Waals surface area contributed by atoms with Gasteiger partial charge < -0.3 is 24.3 Å². The molecule has 1 saturated heterocycles. The molecule has 1 aliphatic rings. The maximum absolute atomic E-state index is 13.8. The van der Waals surface area contributed by atoms with Gasteiger partial charge in [0.1, 0.15) is 16.9 Å². The van der Waals surface area contributed by atoms with Crippen LogP contribution < -0.4 is 20.5 Å². The summed E-state index contributed by atoms with van der Waals surface area (Å²) in [4.78, 5) is 35.6. The molecule has 0 radical (unpaired) electrons. The van der Waals surface area contributed by atoms with Crippen LogP contribution in [0.3, 0.4) is 0 Å². The van der Waals surface area contributed by atoms with E-state index in [2.05, 4.69) is 31.1 Å². The number of ether oxygens (including phenoxy) is 1. The summed E-state index contributed by atoms with van der Waals surface area (Å²) in [6.45, 7) is 2.34. The molecular formula is C34H29BrN4O4. The SMILES string of the molecule is COc1ccc(C(=O)N2CCN(c3ccc(Br)cc3NC(=O)c3cc4ccccc4oc3=Nc3ccccc3)CC2)cc1. The Balaban J connectivity index is 1.25. The number of carbonyl (C=O) groups is 2. The van der Waals surface area contributed by atoms with Gasteiger partial charge in [-0.15, -0.1) is 0 Å². The minimum Gasteiger partial charge on any atom is -0.497 e. The normalized spacial score (nSPS) is 13.7. The highest BCUT2D eigenvalue weighted by atomic mass is 79.9. The number of para-hydroxylation sites is 2. The molecule has 8 nitrogen and oxygen atoms in total. The van der Waals surface area contributed by atoms with Gasteiger partial charge >= 0.3 is 0 Å². The van der Waals surface area contributed by atoms with Crippen LogP contribution >= 0.6 is 15.9 Å². The molecule has 0 atom stereocenters. The first-order valence-electron chi connectivity index (χ1n) is 13.9. The minimum absolute atomic E-state index is 0.0126. The molecule has 43 heavy (non-hydrogen) atoms. The second kappa shape index (κ2) is 12.5. The van der Waals surface area contributed by atoms with Crippen LogP contribution in [-0.2, 0) is 0 Å². The smallest absolute Gasteiger partial charge is 0.261 e. The fourth-order valence-electron chi connectivity index (χ4n) is 5.07. The molecule has 1 N–H and O–H groups in total. The molecule has 5 aromatic rings. The monoisotopic (exact) mass is 636 g/mol. The molecule has 0 spiro atoms. The number of nitrogens with one attached hydrogen (secondary N) is 1. The maximum Gasteiger partial charge on any atom is 0.261 e. The Morgan fingerprint density at radius 2 is 1.58 bits per heavy atom. The van der Waals surface area contributed by atoms with Crippen molar-refractivity contribution in [3.05, 3.63) is 124 Å².